The van der Waals surface area contributed by atoms with Crippen LogP contribution in [0, 0.1) is 13.8 Å². The molecule has 0 unspecified atom stereocenters. The van der Waals surface area contributed by atoms with Crippen molar-refractivity contribution in [2.75, 3.05) is 5.73 Å². The van der Waals surface area contributed by atoms with Crippen LogP contribution < -0.4 is 5.73 Å². The van der Waals surface area contributed by atoms with Crippen molar-refractivity contribution in [3.63, 3.8) is 0 Å². The van der Waals surface area contributed by atoms with Gasteiger partial charge in [-0.05, 0) is 31.5 Å². The molecule has 0 spiro atoms. The van der Waals surface area contributed by atoms with Crippen LogP contribution in [0.25, 0.3) is 11.3 Å². The number of furan rings is 1. The van der Waals surface area contributed by atoms with E-state index in [0.29, 0.717) is 0 Å². The Labute approximate surface area is 81.0 Å². The molecule has 0 aliphatic heterocycles. The molecule has 2 aromatic heterocycles. The standard InChI is InChI=1S/C10H11NOS/c1-6-7(2)13-10(11)9(6)8-4-3-5-12-8/h3-5H,11H2,1-2H3. The van der Waals surface area contributed by atoms with Gasteiger partial charge in [0.2, 0.25) is 0 Å². The summed E-state index contributed by atoms with van der Waals surface area (Å²) in [7, 11) is 0. The van der Waals surface area contributed by atoms with Gasteiger partial charge in [0.1, 0.15) is 5.76 Å². The number of aryl methyl sites for hydroxylation is 1. The first-order valence-corrected chi connectivity index (χ1v) is 4.91. The molecule has 0 amide bonds. The minimum absolute atomic E-state index is 0.838. The highest BCUT2D eigenvalue weighted by Crippen LogP contribution is 2.37. The molecule has 2 aromatic rings. The molecule has 0 aromatic carbocycles. The third-order valence-electron chi connectivity index (χ3n) is 2.18. The van der Waals surface area contributed by atoms with Crippen LogP contribution in [0.4, 0.5) is 5.00 Å². The molecule has 3 heteroatoms. The van der Waals surface area contributed by atoms with Gasteiger partial charge in [0.15, 0.2) is 0 Å². The molecule has 0 bridgehead atoms. The first-order chi connectivity index (χ1) is 6.20. The van der Waals surface area contributed by atoms with E-state index in [9.17, 15) is 0 Å². The molecule has 0 atom stereocenters. The Hall–Kier alpha value is -1.22. The lowest BCUT2D eigenvalue weighted by atomic mass is 10.1. The van der Waals surface area contributed by atoms with Crippen molar-refractivity contribution in [2.24, 2.45) is 0 Å². The predicted octanol–water partition coefficient (Wildman–Crippen LogP) is 3.21. The summed E-state index contributed by atoms with van der Waals surface area (Å²) in [6.07, 6.45) is 1.67. The van der Waals surface area contributed by atoms with E-state index >= 15 is 0 Å². The molecule has 0 fully saturated rings. The van der Waals surface area contributed by atoms with Crippen LogP contribution >= 0.6 is 11.3 Å². The molecule has 0 aliphatic rings. The zero-order valence-corrected chi connectivity index (χ0v) is 8.44. The second kappa shape index (κ2) is 2.92. The van der Waals surface area contributed by atoms with Crippen LogP contribution in [0.15, 0.2) is 22.8 Å². The second-order valence-corrected chi connectivity index (χ2v) is 4.26. The normalized spacial score (nSPS) is 10.6. The quantitative estimate of drug-likeness (QED) is 0.755. The largest absolute Gasteiger partial charge is 0.464 e. The summed E-state index contributed by atoms with van der Waals surface area (Å²) >= 11 is 1.61. The zero-order valence-electron chi connectivity index (χ0n) is 7.63. The molecule has 2 heterocycles. The van der Waals surface area contributed by atoms with E-state index in [-0.39, 0.29) is 0 Å². The summed E-state index contributed by atoms with van der Waals surface area (Å²) < 4.78 is 5.32. The summed E-state index contributed by atoms with van der Waals surface area (Å²) in [6.45, 7) is 4.14. The zero-order chi connectivity index (χ0) is 9.42. The van der Waals surface area contributed by atoms with Gasteiger partial charge >= 0.3 is 0 Å². The Morgan fingerprint density at radius 2 is 2.15 bits per heavy atom. The minimum Gasteiger partial charge on any atom is -0.464 e. The van der Waals surface area contributed by atoms with Gasteiger partial charge in [-0.2, -0.15) is 0 Å². The van der Waals surface area contributed by atoms with E-state index in [1.165, 1.54) is 10.4 Å². The number of hydrogen-bond acceptors (Lipinski definition) is 3. The third kappa shape index (κ3) is 1.25. The van der Waals surface area contributed by atoms with Gasteiger partial charge in [0.25, 0.3) is 0 Å². The van der Waals surface area contributed by atoms with Crippen LogP contribution in [0.1, 0.15) is 10.4 Å². The molecule has 68 valence electrons. The molecular formula is C10H11NOS. The number of thiophene rings is 1. The van der Waals surface area contributed by atoms with Crippen molar-refractivity contribution < 1.29 is 4.42 Å². The van der Waals surface area contributed by atoms with Crippen molar-refractivity contribution in [1.82, 2.24) is 0 Å². The number of hydrogen-bond donors (Lipinski definition) is 1. The highest BCUT2D eigenvalue weighted by Gasteiger charge is 2.13. The van der Waals surface area contributed by atoms with Gasteiger partial charge in [0, 0.05) is 4.88 Å². The molecule has 0 radical (unpaired) electrons. The first-order valence-electron chi connectivity index (χ1n) is 4.09. The minimum atomic E-state index is 0.838. The first kappa shape index (κ1) is 8.38. The fraction of sp³-hybridized carbons (Fsp3) is 0.200. The average Bonchev–Trinajstić information content (AvgIpc) is 2.63. The van der Waals surface area contributed by atoms with Crippen molar-refractivity contribution in [3.05, 3.63) is 28.8 Å². The maximum Gasteiger partial charge on any atom is 0.137 e. The van der Waals surface area contributed by atoms with Crippen molar-refractivity contribution in [1.29, 1.82) is 0 Å². The summed E-state index contributed by atoms with van der Waals surface area (Å²) in [5.74, 6) is 0.861. The maximum absolute atomic E-state index is 5.89. The third-order valence-corrected chi connectivity index (χ3v) is 3.22. The Kier molecular flexibility index (Phi) is 1.88. The van der Waals surface area contributed by atoms with Crippen LogP contribution in [-0.2, 0) is 0 Å². The van der Waals surface area contributed by atoms with Crippen molar-refractivity contribution >= 4 is 16.3 Å². The number of nitrogens with two attached hydrogens (primary N) is 1. The Balaban J connectivity index is 2.64. The maximum atomic E-state index is 5.89. The van der Waals surface area contributed by atoms with Gasteiger partial charge in [0.05, 0.1) is 16.8 Å². The number of anilines is 1. The Bertz CT molecular complexity index is 414. The van der Waals surface area contributed by atoms with Gasteiger partial charge in [-0.3, -0.25) is 0 Å². The van der Waals surface area contributed by atoms with Crippen LogP contribution in [0.3, 0.4) is 0 Å². The van der Waals surface area contributed by atoms with E-state index in [4.69, 9.17) is 10.2 Å². The van der Waals surface area contributed by atoms with Gasteiger partial charge in [-0.1, -0.05) is 0 Å². The Morgan fingerprint density at radius 3 is 2.62 bits per heavy atom. The van der Waals surface area contributed by atoms with Crippen LogP contribution in [0.5, 0.6) is 0 Å². The predicted molar refractivity (Wildman–Crippen MR) is 55.9 cm³/mol. The fourth-order valence-corrected chi connectivity index (χ4v) is 2.32. The summed E-state index contributed by atoms with van der Waals surface area (Å²) in [4.78, 5) is 1.25. The average molecular weight is 193 g/mol. The SMILES string of the molecule is Cc1sc(N)c(-c2ccco2)c1C. The van der Waals surface area contributed by atoms with Crippen LogP contribution in [0.2, 0.25) is 0 Å². The summed E-state index contributed by atoms with van der Waals surface area (Å²) in [5.41, 5.74) is 8.16. The van der Waals surface area contributed by atoms with Crippen molar-refractivity contribution in [3.8, 4) is 11.3 Å². The van der Waals surface area contributed by atoms with Crippen LogP contribution in [-0.4, -0.2) is 0 Å². The van der Waals surface area contributed by atoms with Gasteiger partial charge < -0.3 is 10.2 Å². The van der Waals surface area contributed by atoms with E-state index in [1.807, 2.05) is 12.1 Å². The second-order valence-electron chi connectivity index (χ2n) is 3.00. The molecule has 2 rings (SSSR count). The summed E-state index contributed by atoms with van der Waals surface area (Å²) in [6, 6.07) is 3.81. The summed E-state index contributed by atoms with van der Waals surface area (Å²) in [5, 5.41) is 0.838. The van der Waals surface area contributed by atoms with E-state index < -0.39 is 0 Å². The van der Waals surface area contributed by atoms with Crippen molar-refractivity contribution in [2.45, 2.75) is 13.8 Å². The van der Waals surface area contributed by atoms with E-state index in [1.54, 1.807) is 17.6 Å². The van der Waals surface area contributed by atoms with E-state index in [0.717, 1.165) is 16.3 Å². The number of rotatable bonds is 1. The van der Waals surface area contributed by atoms with Gasteiger partial charge in [-0.25, -0.2) is 0 Å². The molecule has 2 nitrogen and oxygen atoms in total. The number of nitrogen functional groups attached to an aromatic ring is 1. The molecule has 0 saturated heterocycles. The lowest BCUT2D eigenvalue weighted by molar-refractivity contribution is 0.582. The fourth-order valence-electron chi connectivity index (χ4n) is 1.38. The highest BCUT2D eigenvalue weighted by molar-refractivity contribution is 7.16. The monoisotopic (exact) mass is 193 g/mol. The smallest absolute Gasteiger partial charge is 0.137 e. The van der Waals surface area contributed by atoms with Gasteiger partial charge in [-0.15, -0.1) is 11.3 Å². The Morgan fingerprint density at radius 1 is 1.38 bits per heavy atom. The van der Waals surface area contributed by atoms with E-state index in [2.05, 4.69) is 13.8 Å². The topological polar surface area (TPSA) is 39.2 Å². The lowest BCUT2D eigenvalue weighted by Crippen LogP contribution is -1.83. The molecule has 0 aliphatic carbocycles. The molecule has 0 saturated carbocycles. The molecule has 2 N–H and O–H groups in total. The highest BCUT2D eigenvalue weighted by atomic mass is 32.1. The molecule has 13 heavy (non-hydrogen) atoms. The molecular weight excluding hydrogens is 182 g/mol. The lowest BCUT2D eigenvalue weighted by Gasteiger charge is -1.96.